The Hall–Kier alpha value is -1.81. The largest absolute Gasteiger partial charge is 0.385 e. The molecule has 5 N–H and O–H groups in total. The van der Waals surface area contributed by atoms with Crippen LogP contribution in [0.15, 0.2) is 29.0 Å². The molecule has 0 bridgehead atoms. The van der Waals surface area contributed by atoms with Gasteiger partial charge in [-0.1, -0.05) is 17.7 Å². The van der Waals surface area contributed by atoms with Crippen molar-refractivity contribution in [3.05, 3.63) is 46.3 Å². The van der Waals surface area contributed by atoms with Crippen LogP contribution in [0.1, 0.15) is 22.3 Å². The number of rotatable bonds is 1. The second-order valence-corrected chi connectivity index (χ2v) is 4.60. The first-order valence-corrected chi connectivity index (χ1v) is 5.58. The predicted molar refractivity (Wildman–Crippen MR) is 70.4 cm³/mol. The smallest absolute Gasteiger partial charge is 0.158 e. The van der Waals surface area contributed by atoms with Crippen LogP contribution in [0, 0.1) is 20.8 Å². The molecule has 4 nitrogen and oxygen atoms in total. The van der Waals surface area contributed by atoms with Crippen LogP contribution in [0.5, 0.6) is 0 Å². The number of hydrogen-bond acceptors (Lipinski definition) is 4. The first kappa shape index (κ1) is 11.7. The number of hydrogen-bond donors (Lipinski definition) is 3. The van der Waals surface area contributed by atoms with Crippen LogP contribution in [0.3, 0.4) is 0 Å². The van der Waals surface area contributed by atoms with Gasteiger partial charge in [0.05, 0.1) is 6.34 Å². The summed E-state index contributed by atoms with van der Waals surface area (Å²) in [6.45, 7) is 6.17. The molecule has 0 radical (unpaired) electrons. The van der Waals surface area contributed by atoms with Crippen LogP contribution >= 0.6 is 0 Å². The van der Waals surface area contributed by atoms with Gasteiger partial charge < -0.3 is 11.1 Å². The zero-order valence-corrected chi connectivity index (χ0v) is 10.4. The van der Waals surface area contributed by atoms with Crippen molar-refractivity contribution in [2.45, 2.75) is 26.4 Å². The number of nitrogens with two attached hydrogens (primary N) is 2. The summed E-state index contributed by atoms with van der Waals surface area (Å²) in [5, 5.41) is 2.82. The molecule has 1 atom stereocenters. The summed E-state index contributed by atoms with van der Waals surface area (Å²) < 4.78 is 0. The number of nitrogens with one attached hydrogen (secondary N) is 1. The van der Waals surface area contributed by atoms with Crippen LogP contribution in [-0.2, 0) is 5.66 Å². The fourth-order valence-electron chi connectivity index (χ4n) is 2.48. The fourth-order valence-corrected chi connectivity index (χ4v) is 2.48. The van der Waals surface area contributed by atoms with Gasteiger partial charge in [-0.25, -0.2) is 4.99 Å². The maximum absolute atomic E-state index is 6.33. The molecule has 0 saturated carbocycles. The van der Waals surface area contributed by atoms with Crippen molar-refractivity contribution in [1.29, 1.82) is 0 Å². The minimum Gasteiger partial charge on any atom is -0.385 e. The normalized spacial score (nSPS) is 23.2. The molecule has 0 aliphatic carbocycles. The highest BCUT2D eigenvalue weighted by molar-refractivity contribution is 5.62. The maximum atomic E-state index is 6.33. The van der Waals surface area contributed by atoms with E-state index < -0.39 is 5.66 Å². The molecule has 17 heavy (non-hydrogen) atoms. The molecule has 90 valence electrons. The van der Waals surface area contributed by atoms with E-state index in [-0.39, 0.29) is 0 Å². The summed E-state index contributed by atoms with van der Waals surface area (Å²) in [6.07, 6.45) is 3.30. The summed E-state index contributed by atoms with van der Waals surface area (Å²) >= 11 is 0. The standard InChI is InChI=1S/C13H18N4/c1-8-4-9(2)12(10(3)5-8)13(15)6-11(14)16-7-17-13/h4-7H,14-15H2,1-3H3,(H,16,17). The van der Waals surface area contributed by atoms with E-state index in [0.717, 1.165) is 16.7 Å². The first-order chi connectivity index (χ1) is 7.92. The lowest BCUT2D eigenvalue weighted by molar-refractivity contribution is 0.571. The van der Waals surface area contributed by atoms with E-state index in [1.165, 1.54) is 5.56 Å². The lowest BCUT2D eigenvalue weighted by atomic mass is 9.89. The molecule has 0 amide bonds. The number of benzene rings is 1. The van der Waals surface area contributed by atoms with Gasteiger partial charge in [-0.05, 0) is 31.9 Å². The summed E-state index contributed by atoms with van der Waals surface area (Å²) in [6, 6.07) is 4.22. The summed E-state index contributed by atoms with van der Waals surface area (Å²) in [5.41, 5.74) is 15.7. The van der Waals surface area contributed by atoms with Gasteiger partial charge in [-0.2, -0.15) is 0 Å². The number of aliphatic imine (C=N–C) groups is 1. The quantitative estimate of drug-likeness (QED) is 0.677. The average Bonchev–Trinajstić information content (AvgIpc) is 2.14. The van der Waals surface area contributed by atoms with Gasteiger partial charge in [-0.3, -0.25) is 5.73 Å². The van der Waals surface area contributed by atoms with Crippen molar-refractivity contribution in [2.75, 3.05) is 0 Å². The highest BCUT2D eigenvalue weighted by Crippen LogP contribution is 2.30. The summed E-state index contributed by atoms with van der Waals surface area (Å²) in [4.78, 5) is 4.32. The van der Waals surface area contributed by atoms with E-state index in [1.54, 1.807) is 12.4 Å². The van der Waals surface area contributed by atoms with E-state index >= 15 is 0 Å². The van der Waals surface area contributed by atoms with Crippen LogP contribution in [0.25, 0.3) is 0 Å². The third-order valence-electron chi connectivity index (χ3n) is 2.96. The molecule has 1 heterocycles. The molecule has 0 aromatic heterocycles. The van der Waals surface area contributed by atoms with Crippen molar-refractivity contribution in [1.82, 2.24) is 5.32 Å². The van der Waals surface area contributed by atoms with Crippen molar-refractivity contribution in [3.8, 4) is 0 Å². The number of nitrogens with zero attached hydrogens (tertiary/aromatic N) is 1. The number of aryl methyl sites for hydroxylation is 3. The molecule has 0 fully saturated rings. The molecule has 2 rings (SSSR count). The summed E-state index contributed by atoms with van der Waals surface area (Å²) in [7, 11) is 0. The van der Waals surface area contributed by atoms with Crippen molar-refractivity contribution in [2.24, 2.45) is 16.5 Å². The molecule has 1 aromatic rings. The van der Waals surface area contributed by atoms with Gasteiger partial charge in [0.1, 0.15) is 5.82 Å². The molecule has 1 aromatic carbocycles. The van der Waals surface area contributed by atoms with E-state index in [2.05, 4.69) is 29.4 Å². The minimum absolute atomic E-state index is 0.530. The Bertz CT molecular complexity index is 493. The Balaban J connectivity index is 2.61. The summed E-state index contributed by atoms with van der Waals surface area (Å²) in [5.74, 6) is 0.530. The Morgan fingerprint density at radius 3 is 2.29 bits per heavy atom. The predicted octanol–water partition coefficient (Wildman–Crippen LogP) is 1.15. The highest BCUT2D eigenvalue weighted by Gasteiger charge is 2.29. The van der Waals surface area contributed by atoms with Gasteiger partial charge in [0.25, 0.3) is 0 Å². The Morgan fingerprint density at radius 2 is 1.76 bits per heavy atom. The zero-order chi connectivity index (χ0) is 12.6. The third-order valence-corrected chi connectivity index (χ3v) is 2.96. The average molecular weight is 230 g/mol. The zero-order valence-electron chi connectivity index (χ0n) is 10.4. The molecular weight excluding hydrogens is 212 g/mol. The van der Waals surface area contributed by atoms with Gasteiger partial charge in [-0.15, -0.1) is 0 Å². The molecule has 1 unspecified atom stereocenters. The fraction of sp³-hybridized carbons (Fsp3) is 0.308. The van der Waals surface area contributed by atoms with E-state index in [0.29, 0.717) is 5.82 Å². The SMILES string of the molecule is Cc1cc(C)c(C2(N)C=C(N)NC=N2)c(C)c1. The first-order valence-electron chi connectivity index (χ1n) is 5.58. The van der Waals surface area contributed by atoms with Gasteiger partial charge >= 0.3 is 0 Å². The third kappa shape index (κ3) is 2.03. The highest BCUT2D eigenvalue weighted by atomic mass is 15.1. The Kier molecular flexibility index (Phi) is 2.67. The van der Waals surface area contributed by atoms with Gasteiger partial charge in [0.2, 0.25) is 0 Å². The Morgan fingerprint density at radius 1 is 1.18 bits per heavy atom. The van der Waals surface area contributed by atoms with Gasteiger partial charge in [0, 0.05) is 11.6 Å². The maximum Gasteiger partial charge on any atom is 0.158 e. The second-order valence-electron chi connectivity index (χ2n) is 4.60. The minimum atomic E-state index is -0.864. The second kappa shape index (κ2) is 3.89. The van der Waals surface area contributed by atoms with E-state index in [1.807, 2.05) is 13.8 Å². The van der Waals surface area contributed by atoms with E-state index in [4.69, 9.17) is 11.5 Å². The molecule has 1 aliphatic rings. The van der Waals surface area contributed by atoms with Crippen molar-refractivity contribution >= 4 is 6.34 Å². The van der Waals surface area contributed by atoms with Gasteiger partial charge in [0.15, 0.2) is 5.66 Å². The van der Waals surface area contributed by atoms with Crippen LogP contribution in [0.2, 0.25) is 0 Å². The van der Waals surface area contributed by atoms with Crippen LogP contribution in [-0.4, -0.2) is 6.34 Å². The monoisotopic (exact) mass is 230 g/mol. The molecule has 1 aliphatic heterocycles. The molecule has 4 heteroatoms. The van der Waals surface area contributed by atoms with Crippen LogP contribution < -0.4 is 16.8 Å². The van der Waals surface area contributed by atoms with Crippen molar-refractivity contribution in [3.63, 3.8) is 0 Å². The Labute approximate surface area is 101 Å². The van der Waals surface area contributed by atoms with Crippen LogP contribution in [0.4, 0.5) is 0 Å². The van der Waals surface area contributed by atoms with E-state index in [9.17, 15) is 0 Å². The molecular formula is C13H18N4. The van der Waals surface area contributed by atoms with Crippen molar-refractivity contribution < 1.29 is 0 Å². The molecule has 0 saturated heterocycles. The topological polar surface area (TPSA) is 76.4 Å². The lowest BCUT2D eigenvalue weighted by Gasteiger charge is -2.29. The molecule has 0 spiro atoms. The lowest BCUT2D eigenvalue weighted by Crippen LogP contribution is -2.40.